The van der Waals surface area contributed by atoms with E-state index in [1.54, 1.807) is 0 Å². The lowest BCUT2D eigenvalue weighted by Gasteiger charge is -2.23. The summed E-state index contributed by atoms with van der Waals surface area (Å²) in [7, 11) is 0. The lowest BCUT2D eigenvalue weighted by Crippen LogP contribution is -2.29. The maximum absolute atomic E-state index is 12.3. The fourth-order valence-corrected chi connectivity index (χ4v) is 3.77. The van der Waals surface area contributed by atoms with Gasteiger partial charge in [0.05, 0.1) is 4.91 Å². The van der Waals surface area contributed by atoms with Gasteiger partial charge in [-0.15, -0.1) is 0 Å². The Morgan fingerprint density at radius 2 is 2.05 bits per heavy atom. The van der Waals surface area contributed by atoms with E-state index >= 15 is 0 Å². The SMILES string of the molecule is CCCCCCCCNC(=O)C1=C(C)N2CCCN=C2S1. The predicted molar refractivity (Wildman–Crippen MR) is 90.3 cm³/mol. The average molecular weight is 309 g/mol. The van der Waals surface area contributed by atoms with E-state index in [1.807, 2.05) is 6.92 Å². The molecule has 0 radical (unpaired) electrons. The summed E-state index contributed by atoms with van der Waals surface area (Å²) < 4.78 is 0. The number of allylic oxidation sites excluding steroid dienone is 1. The van der Waals surface area contributed by atoms with Gasteiger partial charge in [0, 0.05) is 25.3 Å². The Morgan fingerprint density at radius 3 is 2.81 bits per heavy atom. The van der Waals surface area contributed by atoms with E-state index in [9.17, 15) is 4.79 Å². The van der Waals surface area contributed by atoms with Crippen LogP contribution in [0.3, 0.4) is 0 Å². The maximum Gasteiger partial charge on any atom is 0.259 e. The largest absolute Gasteiger partial charge is 0.352 e. The number of thioether (sulfide) groups is 1. The summed E-state index contributed by atoms with van der Waals surface area (Å²) in [5, 5.41) is 4.06. The van der Waals surface area contributed by atoms with E-state index < -0.39 is 0 Å². The maximum atomic E-state index is 12.3. The fourth-order valence-electron chi connectivity index (χ4n) is 2.67. The Balaban J connectivity index is 1.70. The van der Waals surface area contributed by atoms with Crippen LogP contribution in [-0.2, 0) is 4.79 Å². The summed E-state index contributed by atoms with van der Waals surface area (Å²) in [6.07, 6.45) is 8.58. The summed E-state index contributed by atoms with van der Waals surface area (Å²) in [4.78, 5) is 19.8. The minimum absolute atomic E-state index is 0.0724. The van der Waals surface area contributed by atoms with E-state index in [0.717, 1.165) is 48.2 Å². The molecule has 0 saturated carbocycles. The molecule has 0 aromatic carbocycles. The molecule has 0 aromatic rings. The van der Waals surface area contributed by atoms with Crippen LogP contribution < -0.4 is 5.32 Å². The molecule has 0 unspecified atom stereocenters. The summed E-state index contributed by atoms with van der Waals surface area (Å²) in [5.41, 5.74) is 1.07. The molecule has 2 heterocycles. The number of unbranched alkanes of at least 4 members (excludes halogenated alkanes) is 5. The van der Waals surface area contributed by atoms with Crippen LogP contribution in [0.15, 0.2) is 15.6 Å². The van der Waals surface area contributed by atoms with E-state index in [0.29, 0.717) is 0 Å². The minimum Gasteiger partial charge on any atom is -0.352 e. The third-order valence-corrected chi connectivity index (χ3v) is 5.18. The molecular formula is C16H27N3OS. The number of carbonyl (C=O) groups excluding carboxylic acids is 1. The van der Waals surface area contributed by atoms with Crippen molar-refractivity contribution in [3.63, 3.8) is 0 Å². The van der Waals surface area contributed by atoms with Gasteiger partial charge >= 0.3 is 0 Å². The highest BCUT2D eigenvalue weighted by Gasteiger charge is 2.31. The van der Waals surface area contributed by atoms with Crippen molar-refractivity contribution in [2.24, 2.45) is 4.99 Å². The van der Waals surface area contributed by atoms with Gasteiger partial charge in [0.1, 0.15) is 0 Å². The van der Waals surface area contributed by atoms with Crippen LogP contribution in [-0.4, -0.2) is 35.6 Å². The number of amides is 1. The molecule has 118 valence electrons. The Labute approximate surface area is 132 Å². The van der Waals surface area contributed by atoms with Gasteiger partial charge in [-0.3, -0.25) is 9.79 Å². The lowest BCUT2D eigenvalue weighted by atomic mass is 10.1. The summed E-state index contributed by atoms with van der Waals surface area (Å²) in [5.74, 6) is 0.0724. The van der Waals surface area contributed by atoms with Gasteiger partial charge in [-0.05, 0) is 31.5 Å². The van der Waals surface area contributed by atoms with Gasteiger partial charge in [-0.2, -0.15) is 0 Å². The number of fused-ring (bicyclic) bond motifs is 1. The van der Waals surface area contributed by atoms with Gasteiger partial charge < -0.3 is 10.2 Å². The Hall–Kier alpha value is -0.970. The molecule has 0 aliphatic carbocycles. The molecule has 0 fully saturated rings. The van der Waals surface area contributed by atoms with E-state index in [1.165, 1.54) is 43.9 Å². The normalized spacial score (nSPS) is 17.8. The number of nitrogens with one attached hydrogen (secondary N) is 1. The second kappa shape index (κ2) is 8.47. The lowest BCUT2D eigenvalue weighted by molar-refractivity contribution is -0.116. The van der Waals surface area contributed by atoms with Crippen LogP contribution in [0.1, 0.15) is 58.8 Å². The number of hydrogen-bond donors (Lipinski definition) is 1. The first kappa shape index (κ1) is 16.4. The monoisotopic (exact) mass is 309 g/mol. The van der Waals surface area contributed by atoms with E-state index in [4.69, 9.17) is 0 Å². The number of amidine groups is 1. The van der Waals surface area contributed by atoms with Crippen LogP contribution in [0.5, 0.6) is 0 Å². The first-order valence-corrected chi connectivity index (χ1v) is 9.04. The van der Waals surface area contributed by atoms with Gasteiger partial charge in [0.2, 0.25) is 0 Å². The second-order valence-electron chi connectivity index (χ2n) is 5.71. The average Bonchev–Trinajstić information content (AvgIpc) is 2.84. The highest BCUT2D eigenvalue weighted by Crippen LogP contribution is 2.35. The van der Waals surface area contributed by atoms with Crippen molar-refractivity contribution in [1.82, 2.24) is 10.2 Å². The van der Waals surface area contributed by atoms with Crippen LogP contribution in [0.4, 0.5) is 0 Å². The topological polar surface area (TPSA) is 44.7 Å². The van der Waals surface area contributed by atoms with Gasteiger partial charge in [0.25, 0.3) is 5.91 Å². The van der Waals surface area contributed by atoms with Crippen LogP contribution >= 0.6 is 11.8 Å². The molecule has 1 amide bonds. The zero-order valence-corrected chi connectivity index (χ0v) is 14.1. The third kappa shape index (κ3) is 4.50. The predicted octanol–water partition coefficient (Wildman–Crippen LogP) is 3.50. The van der Waals surface area contributed by atoms with E-state index in [-0.39, 0.29) is 5.91 Å². The zero-order chi connectivity index (χ0) is 15.1. The molecule has 0 atom stereocenters. The van der Waals surface area contributed by atoms with Crippen molar-refractivity contribution in [3.8, 4) is 0 Å². The third-order valence-electron chi connectivity index (χ3n) is 3.97. The summed E-state index contributed by atoms with van der Waals surface area (Å²) >= 11 is 1.53. The Bertz CT molecular complexity index is 431. The smallest absolute Gasteiger partial charge is 0.259 e. The van der Waals surface area contributed by atoms with E-state index in [2.05, 4.69) is 22.1 Å². The highest BCUT2D eigenvalue weighted by atomic mass is 32.2. The molecule has 1 N–H and O–H groups in total. The Morgan fingerprint density at radius 1 is 1.29 bits per heavy atom. The number of aliphatic imine (C=N–C) groups is 1. The zero-order valence-electron chi connectivity index (χ0n) is 13.3. The summed E-state index contributed by atoms with van der Waals surface area (Å²) in [6, 6.07) is 0. The molecule has 2 rings (SSSR count). The second-order valence-corrected chi connectivity index (χ2v) is 6.69. The Kier molecular flexibility index (Phi) is 6.61. The molecular weight excluding hydrogens is 282 g/mol. The van der Waals surface area contributed by atoms with Crippen molar-refractivity contribution in [2.45, 2.75) is 58.8 Å². The molecule has 2 aliphatic rings. The number of nitrogens with zero attached hydrogens (tertiary/aromatic N) is 2. The molecule has 0 aromatic heterocycles. The molecule has 21 heavy (non-hydrogen) atoms. The standard InChI is InChI=1S/C16H27N3OS/c1-3-4-5-6-7-8-10-17-15(20)14-13(2)19-12-9-11-18-16(19)21-14/h3-12H2,1-2H3,(H,17,20). The molecule has 0 spiro atoms. The molecule has 4 nitrogen and oxygen atoms in total. The first-order chi connectivity index (χ1) is 10.2. The number of hydrogen-bond acceptors (Lipinski definition) is 4. The quantitative estimate of drug-likeness (QED) is 0.698. The fraction of sp³-hybridized carbons (Fsp3) is 0.750. The summed E-state index contributed by atoms with van der Waals surface area (Å²) in [6.45, 7) is 6.92. The molecule has 5 heteroatoms. The number of rotatable bonds is 8. The van der Waals surface area contributed by atoms with Crippen molar-refractivity contribution < 1.29 is 4.79 Å². The van der Waals surface area contributed by atoms with Crippen LogP contribution in [0.2, 0.25) is 0 Å². The van der Waals surface area contributed by atoms with Crippen molar-refractivity contribution in [1.29, 1.82) is 0 Å². The highest BCUT2D eigenvalue weighted by molar-refractivity contribution is 8.18. The number of carbonyl (C=O) groups is 1. The van der Waals surface area contributed by atoms with Crippen LogP contribution in [0.25, 0.3) is 0 Å². The van der Waals surface area contributed by atoms with Crippen molar-refractivity contribution in [2.75, 3.05) is 19.6 Å². The first-order valence-electron chi connectivity index (χ1n) is 8.23. The molecule has 0 bridgehead atoms. The minimum atomic E-state index is 0.0724. The van der Waals surface area contributed by atoms with Crippen molar-refractivity contribution in [3.05, 3.63) is 10.6 Å². The van der Waals surface area contributed by atoms with Gasteiger partial charge in [0.15, 0.2) is 5.17 Å². The van der Waals surface area contributed by atoms with Crippen LogP contribution in [0, 0.1) is 0 Å². The van der Waals surface area contributed by atoms with Crippen molar-refractivity contribution >= 4 is 22.8 Å². The molecule has 2 aliphatic heterocycles. The van der Waals surface area contributed by atoms with Gasteiger partial charge in [-0.25, -0.2) is 0 Å². The van der Waals surface area contributed by atoms with Gasteiger partial charge in [-0.1, -0.05) is 39.0 Å². The molecule has 0 saturated heterocycles.